The number of carbonyl (C=O) groups is 1. The number of fused-ring (bicyclic) bond motifs is 1. The number of nitriles is 1. The minimum absolute atomic E-state index is 0.167. The van der Waals surface area contributed by atoms with Gasteiger partial charge in [-0.1, -0.05) is 18.2 Å². The van der Waals surface area contributed by atoms with E-state index in [4.69, 9.17) is 5.26 Å². The maximum atomic E-state index is 12.6. The first-order valence-corrected chi connectivity index (χ1v) is 8.84. The molecule has 3 heterocycles. The van der Waals surface area contributed by atoms with Crippen LogP contribution >= 0.6 is 11.8 Å². The summed E-state index contributed by atoms with van der Waals surface area (Å²) in [5.41, 5.74) is 3.76. The van der Waals surface area contributed by atoms with Crippen molar-refractivity contribution < 1.29 is 4.79 Å². The van der Waals surface area contributed by atoms with Crippen LogP contribution < -0.4 is 5.32 Å². The normalized spacial score (nSPS) is 15.4. The summed E-state index contributed by atoms with van der Waals surface area (Å²) in [6.07, 6.45) is 5.62. The zero-order valence-electron chi connectivity index (χ0n) is 13.2. The van der Waals surface area contributed by atoms with Gasteiger partial charge in [-0.2, -0.15) is 5.26 Å². The van der Waals surface area contributed by atoms with E-state index in [9.17, 15) is 4.79 Å². The molecule has 1 unspecified atom stereocenters. The number of benzene rings is 1. The van der Waals surface area contributed by atoms with Crippen LogP contribution in [0.2, 0.25) is 0 Å². The van der Waals surface area contributed by atoms with Crippen LogP contribution in [0.25, 0.3) is 0 Å². The highest BCUT2D eigenvalue weighted by molar-refractivity contribution is 7.99. The van der Waals surface area contributed by atoms with Crippen molar-refractivity contribution in [2.75, 3.05) is 5.32 Å². The van der Waals surface area contributed by atoms with Gasteiger partial charge in [0, 0.05) is 29.9 Å². The molecular weight excluding hydrogens is 332 g/mol. The molecule has 1 amide bonds. The molecule has 122 valence electrons. The van der Waals surface area contributed by atoms with Crippen LogP contribution in [0.1, 0.15) is 32.6 Å². The fourth-order valence-corrected chi connectivity index (χ4v) is 4.26. The number of amides is 1. The lowest BCUT2D eigenvalue weighted by Gasteiger charge is -2.12. The Balaban J connectivity index is 1.60. The van der Waals surface area contributed by atoms with Gasteiger partial charge in [-0.25, -0.2) is 0 Å². The van der Waals surface area contributed by atoms with Crippen molar-refractivity contribution >= 4 is 23.4 Å². The molecular formula is C19H14N4OS. The molecule has 1 atom stereocenters. The van der Waals surface area contributed by atoms with Gasteiger partial charge in [-0.3, -0.25) is 9.78 Å². The maximum absolute atomic E-state index is 12.6. The molecule has 2 aromatic heterocycles. The molecule has 0 bridgehead atoms. The van der Waals surface area contributed by atoms with Gasteiger partial charge in [0.05, 0.1) is 28.6 Å². The van der Waals surface area contributed by atoms with Crippen LogP contribution in [0.3, 0.4) is 0 Å². The summed E-state index contributed by atoms with van der Waals surface area (Å²) in [4.78, 5) is 16.7. The lowest BCUT2D eigenvalue weighted by Crippen LogP contribution is -2.14. The second-order valence-corrected chi connectivity index (χ2v) is 6.71. The number of carbonyl (C=O) groups excluding carboxylic acids is 1. The van der Waals surface area contributed by atoms with Gasteiger partial charge in [0.1, 0.15) is 5.37 Å². The summed E-state index contributed by atoms with van der Waals surface area (Å²) in [6.45, 7) is 0. The van der Waals surface area contributed by atoms with Gasteiger partial charge in [-0.05, 0) is 24.3 Å². The fourth-order valence-electron chi connectivity index (χ4n) is 2.95. The maximum Gasteiger partial charge on any atom is 0.257 e. The first kappa shape index (κ1) is 15.5. The topological polar surface area (TPSA) is 70.7 Å². The van der Waals surface area contributed by atoms with Crippen LogP contribution in [0, 0.1) is 11.3 Å². The predicted molar refractivity (Wildman–Crippen MR) is 97.2 cm³/mol. The highest BCUT2D eigenvalue weighted by Gasteiger charge is 2.27. The highest BCUT2D eigenvalue weighted by Crippen LogP contribution is 2.43. The molecule has 0 saturated heterocycles. The van der Waals surface area contributed by atoms with E-state index in [0.717, 1.165) is 22.7 Å². The molecule has 3 aromatic rings. The summed E-state index contributed by atoms with van der Waals surface area (Å²) >= 11 is 1.79. The van der Waals surface area contributed by atoms with E-state index in [1.165, 1.54) is 0 Å². The minimum atomic E-state index is -0.263. The van der Waals surface area contributed by atoms with Crippen molar-refractivity contribution in [2.24, 2.45) is 0 Å². The lowest BCUT2D eigenvalue weighted by molar-refractivity contribution is 0.102. The number of anilines is 1. The van der Waals surface area contributed by atoms with Crippen LogP contribution in [-0.4, -0.2) is 15.5 Å². The average molecular weight is 346 g/mol. The molecule has 1 aliphatic heterocycles. The van der Waals surface area contributed by atoms with Crippen LogP contribution in [-0.2, 0) is 5.75 Å². The number of hydrogen-bond acceptors (Lipinski definition) is 4. The first-order valence-electron chi connectivity index (χ1n) is 7.79. The molecule has 25 heavy (non-hydrogen) atoms. The van der Waals surface area contributed by atoms with Crippen molar-refractivity contribution in [2.45, 2.75) is 11.1 Å². The minimum Gasteiger partial charge on any atom is -0.332 e. The molecule has 0 fully saturated rings. The summed E-state index contributed by atoms with van der Waals surface area (Å²) < 4.78 is 2.16. The summed E-state index contributed by atoms with van der Waals surface area (Å²) in [6, 6.07) is 14.8. The Morgan fingerprint density at radius 1 is 1.28 bits per heavy atom. The van der Waals surface area contributed by atoms with Crippen LogP contribution in [0.15, 0.2) is 61.1 Å². The van der Waals surface area contributed by atoms with Gasteiger partial charge >= 0.3 is 0 Å². The quantitative estimate of drug-likeness (QED) is 0.783. The molecule has 0 radical (unpaired) electrons. The van der Waals surface area contributed by atoms with Crippen molar-refractivity contribution in [1.82, 2.24) is 9.55 Å². The zero-order valence-corrected chi connectivity index (χ0v) is 14.0. The zero-order chi connectivity index (χ0) is 17.2. The number of hydrogen-bond donors (Lipinski definition) is 1. The van der Waals surface area contributed by atoms with Crippen molar-refractivity contribution in [1.29, 1.82) is 5.26 Å². The van der Waals surface area contributed by atoms with E-state index in [1.807, 2.05) is 24.5 Å². The second kappa shape index (κ2) is 6.46. The smallest absolute Gasteiger partial charge is 0.257 e. The standard InChI is InChI=1S/C19H14N4OS/c20-10-13-4-1-2-6-15(13)18(24)22-16-7-9-23-17(16)12-25-19(23)14-5-3-8-21-11-14/h1-9,11,19H,12H2,(H,22,24). The van der Waals surface area contributed by atoms with Gasteiger partial charge < -0.3 is 9.88 Å². The van der Waals surface area contributed by atoms with Crippen molar-refractivity contribution in [3.63, 3.8) is 0 Å². The van der Waals surface area contributed by atoms with Crippen LogP contribution in [0.5, 0.6) is 0 Å². The van der Waals surface area contributed by atoms with Gasteiger partial charge in [0.25, 0.3) is 5.91 Å². The average Bonchev–Trinajstić information content (AvgIpc) is 3.25. The Kier molecular flexibility index (Phi) is 4.00. The molecule has 0 saturated carbocycles. The lowest BCUT2D eigenvalue weighted by atomic mass is 10.1. The monoisotopic (exact) mass is 346 g/mol. The largest absolute Gasteiger partial charge is 0.332 e. The molecule has 6 heteroatoms. The van der Waals surface area contributed by atoms with Crippen LogP contribution in [0.4, 0.5) is 5.69 Å². The third-order valence-electron chi connectivity index (χ3n) is 4.16. The van der Waals surface area contributed by atoms with Gasteiger partial charge in [-0.15, -0.1) is 11.8 Å². The van der Waals surface area contributed by atoms with E-state index >= 15 is 0 Å². The Morgan fingerprint density at radius 3 is 2.96 bits per heavy atom. The van der Waals surface area contributed by atoms with E-state index in [0.29, 0.717) is 11.1 Å². The Morgan fingerprint density at radius 2 is 2.16 bits per heavy atom. The predicted octanol–water partition coefficient (Wildman–Crippen LogP) is 3.80. The molecule has 1 N–H and O–H groups in total. The van der Waals surface area contributed by atoms with E-state index < -0.39 is 0 Å². The number of rotatable bonds is 3. The SMILES string of the molecule is N#Cc1ccccc1C(=O)Nc1ccn2c1CSC2c1cccnc1. The first-order chi connectivity index (χ1) is 12.3. The number of pyridine rings is 1. The summed E-state index contributed by atoms with van der Waals surface area (Å²) in [7, 11) is 0. The van der Waals surface area contributed by atoms with E-state index in [1.54, 1.807) is 42.2 Å². The van der Waals surface area contributed by atoms with E-state index in [2.05, 4.69) is 27.0 Å². The molecule has 4 rings (SSSR count). The third-order valence-corrected chi connectivity index (χ3v) is 5.42. The Labute approximate surface area is 149 Å². The number of thioether (sulfide) groups is 1. The highest BCUT2D eigenvalue weighted by atomic mass is 32.2. The molecule has 0 spiro atoms. The van der Waals surface area contributed by atoms with Gasteiger partial charge in [0.2, 0.25) is 0 Å². The summed E-state index contributed by atoms with van der Waals surface area (Å²) in [5, 5.41) is 12.3. The molecule has 1 aliphatic rings. The number of nitrogens with zero attached hydrogens (tertiary/aromatic N) is 3. The Hall–Kier alpha value is -3.04. The van der Waals surface area contributed by atoms with Crippen molar-refractivity contribution in [3.8, 4) is 6.07 Å². The molecule has 1 aromatic carbocycles. The van der Waals surface area contributed by atoms with Gasteiger partial charge in [0.15, 0.2) is 0 Å². The third kappa shape index (κ3) is 2.79. The Bertz CT molecular complexity index is 975. The number of aromatic nitrogens is 2. The second-order valence-electron chi connectivity index (χ2n) is 5.64. The van der Waals surface area contributed by atoms with E-state index in [-0.39, 0.29) is 11.3 Å². The van der Waals surface area contributed by atoms with Crippen molar-refractivity contribution in [3.05, 3.63) is 83.4 Å². The molecule has 0 aliphatic carbocycles. The molecule has 5 nitrogen and oxygen atoms in total. The fraction of sp³-hybridized carbons (Fsp3) is 0.105. The summed E-state index contributed by atoms with van der Waals surface area (Å²) in [5.74, 6) is 0.545. The number of nitrogens with one attached hydrogen (secondary N) is 1.